The number of ether oxygens (including phenoxy) is 1. The van der Waals surface area contributed by atoms with Crippen molar-refractivity contribution in [2.45, 2.75) is 6.54 Å². The van der Waals surface area contributed by atoms with Crippen molar-refractivity contribution >= 4 is 39.0 Å². The lowest BCUT2D eigenvalue weighted by molar-refractivity contribution is 0.122. The molecular formula is C29H30FN7OS. The molecule has 0 saturated carbocycles. The Hall–Kier alpha value is -3.86. The molecule has 10 heteroatoms. The first kappa shape index (κ1) is 25.4. The lowest BCUT2D eigenvalue weighted by Crippen LogP contribution is -2.36. The van der Waals surface area contributed by atoms with E-state index in [1.54, 1.807) is 29.7 Å². The van der Waals surface area contributed by atoms with Crippen LogP contribution in [0.15, 0.2) is 67.0 Å². The van der Waals surface area contributed by atoms with Crippen molar-refractivity contribution in [2.75, 3.05) is 57.2 Å². The Morgan fingerprint density at radius 1 is 1.03 bits per heavy atom. The second-order valence-electron chi connectivity index (χ2n) is 9.76. The number of thiazole rings is 1. The molecule has 5 aromatic rings. The molecular weight excluding hydrogens is 513 g/mol. The van der Waals surface area contributed by atoms with E-state index in [1.807, 2.05) is 6.07 Å². The standard InChI is InChI=1S/C29H30FN7OS/c1-35(2)13-14-36-12-10-21-19-23(7-8-25(21)36)32-28-31-11-9-24(33-28)27-26(20-3-5-22(30)6-4-20)34-29(39-27)37-15-17-38-18-16-37/h3-12,19H,13-18H2,1-2H3,(H,31,32,33). The molecule has 1 aliphatic heterocycles. The number of anilines is 3. The van der Waals surface area contributed by atoms with E-state index in [4.69, 9.17) is 14.7 Å². The molecule has 0 bridgehead atoms. The van der Waals surface area contributed by atoms with Gasteiger partial charge in [-0.05, 0) is 68.7 Å². The first-order chi connectivity index (χ1) is 19.0. The zero-order chi connectivity index (χ0) is 26.8. The summed E-state index contributed by atoms with van der Waals surface area (Å²) in [6.07, 6.45) is 3.88. The van der Waals surface area contributed by atoms with Crippen molar-refractivity contribution in [3.05, 3.63) is 72.8 Å². The van der Waals surface area contributed by atoms with Crippen LogP contribution in [-0.4, -0.2) is 71.4 Å². The number of hydrogen-bond acceptors (Lipinski definition) is 8. The Labute approximate surface area is 230 Å². The summed E-state index contributed by atoms with van der Waals surface area (Å²) in [4.78, 5) is 19.6. The molecule has 1 saturated heterocycles. The lowest BCUT2D eigenvalue weighted by Gasteiger charge is -2.26. The quantitative estimate of drug-likeness (QED) is 0.277. The maximum Gasteiger partial charge on any atom is 0.227 e. The fourth-order valence-corrected chi connectivity index (χ4v) is 5.74. The van der Waals surface area contributed by atoms with Gasteiger partial charge in [-0.1, -0.05) is 11.3 Å². The summed E-state index contributed by atoms with van der Waals surface area (Å²) in [5, 5.41) is 5.44. The van der Waals surface area contributed by atoms with Gasteiger partial charge in [-0.25, -0.2) is 19.3 Å². The number of halogens is 1. The first-order valence-electron chi connectivity index (χ1n) is 13.0. The van der Waals surface area contributed by atoms with Crippen molar-refractivity contribution in [3.63, 3.8) is 0 Å². The number of morpholine rings is 1. The number of fused-ring (bicyclic) bond motifs is 1. The molecule has 0 unspecified atom stereocenters. The third kappa shape index (κ3) is 5.63. The fraction of sp³-hybridized carbons (Fsp3) is 0.276. The zero-order valence-corrected chi connectivity index (χ0v) is 22.8. The summed E-state index contributed by atoms with van der Waals surface area (Å²) in [6.45, 7) is 4.83. The first-order valence-corrected chi connectivity index (χ1v) is 13.8. The topological polar surface area (TPSA) is 71.3 Å². The number of aromatic nitrogens is 4. The Kier molecular flexibility index (Phi) is 7.23. The minimum Gasteiger partial charge on any atom is -0.378 e. The van der Waals surface area contributed by atoms with Crippen LogP contribution >= 0.6 is 11.3 Å². The van der Waals surface area contributed by atoms with Gasteiger partial charge in [0, 0.05) is 60.7 Å². The van der Waals surface area contributed by atoms with Gasteiger partial charge in [0.1, 0.15) is 5.82 Å². The third-order valence-corrected chi connectivity index (χ3v) is 7.86. The van der Waals surface area contributed by atoms with Crippen LogP contribution in [0.3, 0.4) is 0 Å². The smallest absolute Gasteiger partial charge is 0.227 e. The summed E-state index contributed by atoms with van der Waals surface area (Å²) in [5.41, 5.74) is 4.51. The third-order valence-electron chi connectivity index (χ3n) is 6.72. The fourth-order valence-electron chi connectivity index (χ4n) is 4.63. The number of rotatable bonds is 8. The predicted molar refractivity (Wildman–Crippen MR) is 155 cm³/mol. The second kappa shape index (κ2) is 11.1. The van der Waals surface area contributed by atoms with Crippen molar-refractivity contribution in [1.82, 2.24) is 24.4 Å². The SMILES string of the molecule is CN(C)CCn1ccc2cc(Nc3nccc(-c4sc(N5CCOCC5)nc4-c4ccc(F)cc4)n3)ccc21. The molecule has 3 aromatic heterocycles. The van der Waals surface area contributed by atoms with Gasteiger partial charge in [0.2, 0.25) is 5.95 Å². The molecule has 1 N–H and O–H groups in total. The summed E-state index contributed by atoms with van der Waals surface area (Å²) in [7, 11) is 4.17. The van der Waals surface area contributed by atoms with E-state index in [2.05, 4.69) is 69.2 Å². The maximum atomic E-state index is 13.7. The summed E-state index contributed by atoms with van der Waals surface area (Å²) >= 11 is 1.59. The van der Waals surface area contributed by atoms with Crippen LogP contribution in [0.1, 0.15) is 0 Å². The summed E-state index contributed by atoms with van der Waals surface area (Å²) in [5.74, 6) is 0.229. The minimum absolute atomic E-state index is 0.275. The van der Waals surface area contributed by atoms with E-state index in [-0.39, 0.29) is 5.82 Å². The molecule has 0 spiro atoms. The molecule has 2 aromatic carbocycles. The van der Waals surface area contributed by atoms with Gasteiger partial charge in [0.05, 0.1) is 29.5 Å². The maximum absolute atomic E-state index is 13.7. The number of benzene rings is 2. The van der Waals surface area contributed by atoms with Gasteiger partial charge in [0.25, 0.3) is 0 Å². The number of hydrogen-bond donors (Lipinski definition) is 1. The highest BCUT2D eigenvalue weighted by Gasteiger charge is 2.21. The van der Waals surface area contributed by atoms with E-state index in [0.717, 1.165) is 64.2 Å². The molecule has 6 rings (SSSR count). The highest BCUT2D eigenvalue weighted by Crippen LogP contribution is 2.40. The average molecular weight is 544 g/mol. The van der Waals surface area contributed by atoms with Crippen LogP contribution in [0.4, 0.5) is 21.2 Å². The van der Waals surface area contributed by atoms with Crippen molar-refractivity contribution < 1.29 is 9.13 Å². The predicted octanol–water partition coefficient (Wildman–Crippen LogP) is 5.50. The molecule has 1 aliphatic rings. The van der Waals surface area contributed by atoms with Crippen molar-refractivity contribution in [2.24, 2.45) is 0 Å². The molecule has 0 radical (unpaired) electrons. The molecule has 0 amide bonds. The highest BCUT2D eigenvalue weighted by molar-refractivity contribution is 7.19. The highest BCUT2D eigenvalue weighted by atomic mass is 32.1. The number of nitrogens with one attached hydrogen (secondary N) is 1. The zero-order valence-electron chi connectivity index (χ0n) is 22.0. The molecule has 0 aliphatic carbocycles. The molecule has 0 atom stereocenters. The average Bonchev–Trinajstić information content (AvgIpc) is 3.58. The Morgan fingerprint density at radius 3 is 2.64 bits per heavy atom. The normalized spacial score (nSPS) is 13.9. The van der Waals surface area contributed by atoms with Crippen LogP contribution in [-0.2, 0) is 11.3 Å². The second-order valence-corrected chi connectivity index (χ2v) is 10.7. The van der Waals surface area contributed by atoms with E-state index < -0.39 is 0 Å². The van der Waals surface area contributed by atoms with Gasteiger partial charge < -0.3 is 24.4 Å². The van der Waals surface area contributed by atoms with E-state index in [0.29, 0.717) is 19.2 Å². The summed E-state index contributed by atoms with van der Waals surface area (Å²) in [6, 6.07) is 16.8. The van der Waals surface area contributed by atoms with E-state index >= 15 is 0 Å². The van der Waals surface area contributed by atoms with Gasteiger partial charge in [-0.3, -0.25) is 0 Å². The van der Waals surface area contributed by atoms with Crippen molar-refractivity contribution in [3.8, 4) is 21.8 Å². The Morgan fingerprint density at radius 2 is 1.85 bits per heavy atom. The summed E-state index contributed by atoms with van der Waals surface area (Å²) < 4.78 is 21.5. The monoisotopic (exact) mass is 543 g/mol. The van der Waals surface area contributed by atoms with Crippen molar-refractivity contribution in [1.29, 1.82) is 0 Å². The van der Waals surface area contributed by atoms with Gasteiger partial charge in [0.15, 0.2) is 5.13 Å². The van der Waals surface area contributed by atoms with Crippen LogP contribution in [0.5, 0.6) is 0 Å². The Bertz CT molecular complexity index is 1570. The molecule has 200 valence electrons. The van der Waals surface area contributed by atoms with E-state index in [9.17, 15) is 4.39 Å². The number of likely N-dealkylation sites (N-methyl/N-ethyl adjacent to an activating group) is 1. The van der Waals surface area contributed by atoms with Crippen LogP contribution in [0.2, 0.25) is 0 Å². The van der Waals surface area contributed by atoms with Crippen LogP contribution in [0, 0.1) is 5.82 Å². The molecule has 4 heterocycles. The van der Waals surface area contributed by atoms with Gasteiger partial charge in [-0.15, -0.1) is 0 Å². The largest absolute Gasteiger partial charge is 0.378 e. The van der Waals surface area contributed by atoms with Crippen LogP contribution in [0.25, 0.3) is 32.7 Å². The molecule has 8 nitrogen and oxygen atoms in total. The van der Waals surface area contributed by atoms with Crippen LogP contribution < -0.4 is 10.2 Å². The lowest BCUT2D eigenvalue weighted by atomic mass is 10.1. The molecule has 1 fully saturated rings. The van der Waals surface area contributed by atoms with E-state index in [1.165, 1.54) is 17.6 Å². The Balaban J connectivity index is 1.30. The van der Waals surface area contributed by atoms with Gasteiger partial charge in [-0.2, -0.15) is 0 Å². The number of nitrogens with zero attached hydrogens (tertiary/aromatic N) is 6. The van der Waals surface area contributed by atoms with Gasteiger partial charge >= 0.3 is 0 Å². The molecule has 39 heavy (non-hydrogen) atoms. The minimum atomic E-state index is -0.275.